The molecule has 2 amide bonds. The molecule has 0 aromatic carbocycles. The first-order valence-corrected chi connectivity index (χ1v) is 4.37. The number of hydrogen-bond donors (Lipinski definition) is 3. The van der Waals surface area contributed by atoms with Gasteiger partial charge in [0, 0.05) is 6.07 Å². The summed E-state index contributed by atoms with van der Waals surface area (Å²) in [5.74, 6) is -1.17. The van der Waals surface area contributed by atoms with Crippen LogP contribution in [0.3, 0.4) is 0 Å². The highest BCUT2D eigenvalue weighted by atomic mass is 16.4. The predicted molar refractivity (Wildman–Crippen MR) is 56.1 cm³/mol. The van der Waals surface area contributed by atoms with Gasteiger partial charge in [0.15, 0.2) is 0 Å². The van der Waals surface area contributed by atoms with Crippen LogP contribution in [0.1, 0.15) is 21.6 Å². The minimum Gasteiger partial charge on any atom is -0.478 e. The molecule has 1 rings (SSSR count). The molecule has 0 aliphatic heterocycles. The van der Waals surface area contributed by atoms with Gasteiger partial charge in [0.1, 0.15) is 0 Å². The van der Waals surface area contributed by atoms with Gasteiger partial charge in [-0.2, -0.15) is 0 Å². The third-order valence-electron chi connectivity index (χ3n) is 2.09. The number of nitrogens with two attached hydrogens (primary N) is 1. The van der Waals surface area contributed by atoms with E-state index in [-0.39, 0.29) is 11.3 Å². The van der Waals surface area contributed by atoms with E-state index < -0.39 is 17.6 Å². The van der Waals surface area contributed by atoms with Crippen molar-refractivity contribution in [1.82, 2.24) is 4.68 Å². The van der Waals surface area contributed by atoms with Crippen LogP contribution in [0.2, 0.25) is 0 Å². The Bertz CT molecular complexity index is 518. The normalized spacial score (nSPS) is 9.88. The van der Waals surface area contributed by atoms with E-state index in [0.29, 0.717) is 5.56 Å². The number of pyridine rings is 1. The first-order valence-electron chi connectivity index (χ1n) is 4.37. The second-order valence-corrected chi connectivity index (χ2v) is 3.24. The largest absolute Gasteiger partial charge is 0.478 e. The first-order chi connectivity index (χ1) is 7.34. The number of aromatic carboxylic acids is 1. The topological polar surface area (TPSA) is 114 Å². The molecule has 86 valence electrons. The van der Waals surface area contributed by atoms with Crippen LogP contribution in [0.15, 0.2) is 10.9 Å². The number of nitrogens with zero attached hydrogens (tertiary/aromatic N) is 1. The lowest BCUT2D eigenvalue weighted by molar-refractivity contribution is 0.0694. The van der Waals surface area contributed by atoms with Crippen molar-refractivity contribution in [3.8, 4) is 0 Å². The van der Waals surface area contributed by atoms with Gasteiger partial charge in [-0.25, -0.2) is 19.7 Å². The van der Waals surface area contributed by atoms with Gasteiger partial charge in [-0.05, 0) is 19.4 Å². The summed E-state index contributed by atoms with van der Waals surface area (Å²) < 4.78 is 0.804. The average molecular weight is 225 g/mol. The third-order valence-corrected chi connectivity index (χ3v) is 2.09. The molecular formula is C9H11N3O4. The summed E-state index contributed by atoms with van der Waals surface area (Å²) in [6, 6.07) is 0.178. The van der Waals surface area contributed by atoms with Crippen molar-refractivity contribution in [1.29, 1.82) is 0 Å². The second kappa shape index (κ2) is 4.05. The Morgan fingerprint density at radius 2 is 2.00 bits per heavy atom. The number of nitrogens with one attached hydrogen (secondary N) is 1. The van der Waals surface area contributed by atoms with Crippen molar-refractivity contribution in [3.05, 3.63) is 33.2 Å². The van der Waals surface area contributed by atoms with Crippen LogP contribution in [0, 0.1) is 13.8 Å². The monoisotopic (exact) mass is 225 g/mol. The molecule has 4 N–H and O–H groups in total. The molecule has 0 aliphatic rings. The van der Waals surface area contributed by atoms with E-state index in [1.54, 1.807) is 0 Å². The highest BCUT2D eigenvalue weighted by Gasteiger charge is 2.16. The third kappa shape index (κ3) is 2.02. The zero-order chi connectivity index (χ0) is 12.5. The fraction of sp³-hybridized carbons (Fsp3) is 0.222. The molecule has 0 saturated heterocycles. The number of aromatic nitrogens is 1. The van der Waals surface area contributed by atoms with Gasteiger partial charge >= 0.3 is 12.0 Å². The van der Waals surface area contributed by atoms with E-state index in [1.807, 2.05) is 5.43 Å². The number of carbonyl (C=O) groups excluding carboxylic acids is 1. The van der Waals surface area contributed by atoms with Crippen molar-refractivity contribution in [3.63, 3.8) is 0 Å². The van der Waals surface area contributed by atoms with Crippen LogP contribution in [0.4, 0.5) is 4.79 Å². The molecule has 1 aromatic rings. The number of carboxylic acids is 1. The van der Waals surface area contributed by atoms with Crippen LogP contribution in [-0.4, -0.2) is 21.8 Å². The zero-order valence-corrected chi connectivity index (χ0v) is 8.77. The van der Waals surface area contributed by atoms with Crippen LogP contribution < -0.4 is 16.7 Å². The van der Waals surface area contributed by atoms with Gasteiger partial charge < -0.3 is 10.8 Å². The summed E-state index contributed by atoms with van der Waals surface area (Å²) in [5.41, 5.74) is 6.79. The Morgan fingerprint density at radius 3 is 2.44 bits per heavy atom. The van der Waals surface area contributed by atoms with Crippen molar-refractivity contribution in [2.45, 2.75) is 13.8 Å². The minimum atomic E-state index is -1.17. The quantitative estimate of drug-likeness (QED) is 0.645. The number of hydrogen-bond acceptors (Lipinski definition) is 3. The van der Waals surface area contributed by atoms with E-state index in [0.717, 1.165) is 10.7 Å². The molecule has 16 heavy (non-hydrogen) atoms. The molecule has 0 aliphatic carbocycles. The molecular weight excluding hydrogens is 214 g/mol. The van der Waals surface area contributed by atoms with Crippen molar-refractivity contribution in [2.75, 3.05) is 5.43 Å². The first kappa shape index (κ1) is 11.8. The molecule has 0 radical (unpaired) electrons. The average Bonchev–Trinajstić information content (AvgIpc) is 2.10. The number of carboxylic acid groups (broad SMARTS) is 1. The molecule has 0 atom stereocenters. The molecule has 0 unspecified atom stereocenters. The maximum atomic E-state index is 11.5. The Labute approximate surface area is 90.5 Å². The summed E-state index contributed by atoms with van der Waals surface area (Å²) in [4.78, 5) is 33.0. The van der Waals surface area contributed by atoms with Crippen molar-refractivity contribution < 1.29 is 14.7 Å². The van der Waals surface area contributed by atoms with Crippen molar-refractivity contribution in [2.24, 2.45) is 5.73 Å². The zero-order valence-electron chi connectivity index (χ0n) is 8.77. The van der Waals surface area contributed by atoms with Crippen LogP contribution in [-0.2, 0) is 0 Å². The molecule has 7 heteroatoms. The number of carbonyl (C=O) groups is 2. The van der Waals surface area contributed by atoms with Crippen molar-refractivity contribution >= 4 is 12.0 Å². The maximum absolute atomic E-state index is 11.5. The van der Waals surface area contributed by atoms with E-state index in [2.05, 4.69) is 0 Å². The smallest absolute Gasteiger partial charge is 0.337 e. The highest BCUT2D eigenvalue weighted by Crippen LogP contribution is 2.09. The molecule has 0 saturated carbocycles. The van der Waals surface area contributed by atoms with Crippen LogP contribution >= 0.6 is 0 Å². The number of primary amides is 1. The molecule has 0 bridgehead atoms. The van der Waals surface area contributed by atoms with E-state index in [4.69, 9.17) is 10.8 Å². The summed E-state index contributed by atoms with van der Waals surface area (Å²) in [7, 11) is 0. The molecule has 0 spiro atoms. The lowest BCUT2D eigenvalue weighted by Gasteiger charge is -2.13. The summed E-state index contributed by atoms with van der Waals surface area (Å²) in [6.07, 6.45) is 0. The number of aryl methyl sites for hydroxylation is 1. The van der Waals surface area contributed by atoms with Gasteiger partial charge in [0.05, 0.1) is 11.3 Å². The number of amides is 2. The van der Waals surface area contributed by atoms with E-state index >= 15 is 0 Å². The predicted octanol–water partition coefficient (Wildman–Crippen LogP) is -0.214. The van der Waals surface area contributed by atoms with E-state index in [9.17, 15) is 14.4 Å². The molecule has 0 fully saturated rings. The Kier molecular flexibility index (Phi) is 2.98. The second-order valence-electron chi connectivity index (χ2n) is 3.24. The summed E-state index contributed by atoms with van der Waals surface area (Å²) in [6.45, 7) is 2.92. The summed E-state index contributed by atoms with van der Waals surface area (Å²) >= 11 is 0. The molecule has 1 aromatic heterocycles. The minimum absolute atomic E-state index is 0.0339. The van der Waals surface area contributed by atoms with Gasteiger partial charge in [-0.1, -0.05) is 0 Å². The highest BCUT2D eigenvalue weighted by molar-refractivity contribution is 5.90. The van der Waals surface area contributed by atoms with Gasteiger partial charge in [0.2, 0.25) is 0 Å². The Hall–Kier alpha value is -2.31. The van der Waals surface area contributed by atoms with Gasteiger partial charge in [-0.3, -0.25) is 4.79 Å². The Balaban J connectivity index is 3.51. The fourth-order valence-corrected chi connectivity index (χ4v) is 1.46. The van der Waals surface area contributed by atoms with E-state index in [1.165, 1.54) is 13.8 Å². The lowest BCUT2D eigenvalue weighted by Crippen LogP contribution is -2.38. The van der Waals surface area contributed by atoms with Crippen LogP contribution in [0.5, 0.6) is 0 Å². The molecule has 1 heterocycles. The maximum Gasteiger partial charge on any atom is 0.337 e. The van der Waals surface area contributed by atoms with Gasteiger partial charge in [-0.15, -0.1) is 0 Å². The molecule has 7 nitrogen and oxygen atoms in total. The standard InChI is InChI=1S/C9H11N3O4/c1-4-3-6(13)12(11-9(10)16)5(2)7(4)8(14)15/h3H,1-2H3,(H,14,15)(H3,10,11,16). The fourth-order valence-electron chi connectivity index (χ4n) is 1.46. The Morgan fingerprint density at radius 1 is 1.44 bits per heavy atom. The van der Waals surface area contributed by atoms with Crippen LogP contribution in [0.25, 0.3) is 0 Å². The lowest BCUT2D eigenvalue weighted by atomic mass is 10.1. The SMILES string of the molecule is Cc1cc(=O)n(NC(N)=O)c(C)c1C(=O)O. The van der Waals surface area contributed by atoms with Gasteiger partial charge in [0.25, 0.3) is 5.56 Å². The summed E-state index contributed by atoms with van der Waals surface area (Å²) in [5, 5.41) is 8.94. The number of rotatable bonds is 2. The number of urea groups is 1.